The number of nitrogens with zero attached hydrogens (tertiary/aromatic N) is 3. The van der Waals surface area contributed by atoms with E-state index < -0.39 is 0 Å². The van der Waals surface area contributed by atoms with Crippen LogP contribution in [0.4, 0.5) is 0 Å². The van der Waals surface area contributed by atoms with Crippen LogP contribution in [0, 0.1) is 11.3 Å². The van der Waals surface area contributed by atoms with Crippen LogP contribution in [0.25, 0.3) is 22.3 Å². The smallest absolute Gasteiger partial charge is 0.262 e. The summed E-state index contributed by atoms with van der Waals surface area (Å²) in [4.78, 5) is 34.0. The van der Waals surface area contributed by atoms with Crippen LogP contribution in [0.3, 0.4) is 0 Å². The molecule has 0 bridgehead atoms. The number of hydrogen-bond acceptors (Lipinski definition) is 5. The van der Waals surface area contributed by atoms with Crippen molar-refractivity contribution in [3.05, 3.63) is 63.4 Å². The molecule has 2 saturated heterocycles. The fourth-order valence-corrected chi connectivity index (χ4v) is 6.86. The van der Waals surface area contributed by atoms with E-state index in [0.717, 1.165) is 26.1 Å². The summed E-state index contributed by atoms with van der Waals surface area (Å²) in [6.45, 7) is 9.16. The summed E-state index contributed by atoms with van der Waals surface area (Å²) in [5.74, 6) is 1.40. The summed E-state index contributed by atoms with van der Waals surface area (Å²) in [6, 6.07) is 13.3. The molecule has 7 nitrogen and oxygen atoms in total. The Morgan fingerprint density at radius 3 is 2.64 bits per heavy atom. The van der Waals surface area contributed by atoms with Crippen molar-refractivity contribution >= 4 is 28.4 Å². The first kappa shape index (κ1) is 26.5. The summed E-state index contributed by atoms with van der Waals surface area (Å²) in [5, 5.41) is 4.00. The fraction of sp³-hybridized carbons (Fsp3) is 0.516. The number of halogens is 1. The van der Waals surface area contributed by atoms with E-state index in [0.29, 0.717) is 44.6 Å². The lowest BCUT2D eigenvalue weighted by atomic mass is 9.68. The first-order valence-electron chi connectivity index (χ1n) is 14.2. The molecule has 1 aliphatic carbocycles. The Bertz CT molecular complexity index is 1430. The van der Waals surface area contributed by atoms with Gasteiger partial charge in [0.15, 0.2) is 0 Å². The minimum absolute atomic E-state index is 0.0205. The van der Waals surface area contributed by atoms with Gasteiger partial charge in [-0.2, -0.15) is 0 Å². The highest BCUT2D eigenvalue weighted by molar-refractivity contribution is 6.30. The van der Waals surface area contributed by atoms with Gasteiger partial charge in [-0.3, -0.25) is 14.2 Å². The number of likely N-dealkylation sites (tertiary alicyclic amines) is 1. The lowest BCUT2D eigenvalue weighted by Crippen LogP contribution is -2.59. The number of amides is 1. The molecule has 0 unspecified atom stereocenters. The number of nitrogens with one attached hydrogen (secondary N) is 1. The SMILES string of the molecule is CC(C)NC(=O)Cn1c(-c2cccc(Cl)c2)nc2ccc(C3CC(CN4CC5(CCOCC5)C4)C3)cc2c1=O. The summed E-state index contributed by atoms with van der Waals surface area (Å²) >= 11 is 6.25. The van der Waals surface area contributed by atoms with Gasteiger partial charge in [0.05, 0.1) is 10.9 Å². The summed E-state index contributed by atoms with van der Waals surface area (Å²) < 4.78 is 7.04. The zero-order valence-electron chi connectivity index (χ0n) is 22.8. The number of ether oxygens (including phenoxy) is 1. The van der Waals surface area contributed by atoms with E-state index in [1.807, 2.05) is 38.1 Å². The van der Waals surface area contributed by atoms with Gasteiger partial charge in [0, 0.05) is 54.9 Å². The molecule has 8 heteroatoms. The van der Waals surface area contributed by atoms with Crippen LogP contribution in [-0.4, -0.2) is 59.2 Å². The average molecular weight is 549 g/mol. The number of benzene rings is 2. The normalized spacial score (nSPS) is 22.6. The summed E-state index contributed by atoms with van der Waals surface area (Å²) in [5.41, 5.74) is 2.85. The van der Waals surface area contributed by atoms with Gasteiger partial charge in [-0.15, -0.1) is 0 Å². The number of aromatic nitrogens is 2. The van der Waals surface area contributed by atoms with Crippen LogP contribution in [0.15, 0.2) is 47.3 Å². The number of hydrogen-bond donors (Lipinski definition) is 1. The molecule has 1 N–H and O–H groups in total. The largest absolute Gasteiger partial charge is 0.381 e. The van der Waals surface area contributed by atoms with E-state index in [9.17, 15) is 9.59 Å². The molecule has 3 aliphatic rings. The van der Waals surface area contributed by atoms with Crippen LogP contribution in [0.2, 0.25) is 5.02 Å². The predicted molar refractivity (Wildman–Crippen MR) is 154 cm³/mol. The van der Waals surface area contributed by atoms with E-state index in [4.69, 9.17) is 21.3 Å². The minimum atomic E-state index is -0.219. The van der Waals surface area contributed by atoms with Gasteiger partial charge in [-0.05, 0) is 81.2 Å². The Morgan fingerprint density at radius 2 is 1.92 bits per heavy atom. The van der Waals surface area contributed by atoms with Gasteiger partial charge in [0.25, 0.3) is 5.56 Å². The van der Waals surface area contributed by atoms with Crippen LogP contribution >= 0.6 is 11.6 Å². The number of carbonyl (C=O) groups is 1. The number of carbonyl (C=O) groups excluding carboxylic acids is 1. The lowest BCUT2D eigenvalue weighted by Gasteiger charge is -2.54. The topological polar surface area (TPSA) is 76.5 Å². The average Bonchev–Trinajstić information content (AvgIpc) is 2.86. The molecule has 1 spiro atoms. The maximum absolute atomic E-state index is 13.8. The van der Waals surface area contributed by atoms with Gasteiger partial charge in [0.1, 0.15) is 12.4 Å². The van der Waals surface area contributed by atoms with E-state index >= 15 is 0 Å². The third kappa shape index (κ3) is 5.49. The van der Waals surface area contributed by atoms with Crippen LogP contribution in [-0.2, 0) is 16.1 Å². The Kier molecular flexibility index (Phi) is 7.25. The Balaban J connectivity index is 1.21. The highest BCUT2D eigenvalue weighted by Gasteiger charge is 2.45. The molecule has 6 rings (SSSR count). The second-order valence-corrected chi connectivity index (χ2v) is 12.6. The molecule has 1 amide bonds. The maximum Gasteiger partial charge on any atom is 0.262 e. The van der Waals surface area contributed by atoms with E-state index in [2.05, 4.69) is 16.3 Å². The Hall–Kier alpha value is -2.74. The van der Waals surface area contributed by atoms with Crippen molar-refractivity contribution in [2.75, 3.05) is 32.8 Å². The number of rotatable bonds is 7. The molecular formula is C31H37ClN4O3. The first-order valence-corrected chi connectivity index (χ1v) is 14.6. The minimum Gasteiger partial charge on any atom is -0.381 e. The number of fused-ring (bicyclic) bond motifs is 1. The van der Waals surface area contributed by atoms with E-state index in [-0.39, 0.29) is 24.1 Å². The molecule has 3 heterocycles. The molecule has 1 aromatic heterocycles. The maximum atomic E-state index is 13.8. The van der Waals surface area contributed by atoms with Crippen molar-refractivity contribution in [1.29, 1.82) is 0 Å². The standard InChI is InChI=1S/C31H37ClN4O3/c1-20(2)33-28(37)17-36-29(23-4-3-5-25(32)14-23)34-27-7-6-22(15-26(27)30(36)38)24-12-21(13-24)16-35-18-31(19-35)8-10-39-11-9-31/h3-7,14-15,20-21,24H,8-13,16-19H2,1-2H3,(H,33,37). The van der Waals surface area contributed by atoms with Crippen molar-refractivity contribution < 1.29 is 9.53 Å². The second kappa shape index (κ2) is 10.7. The fourth-order valence-electron chi connectivity index (χ4n) is 6.67. The molecule has 0 radical (unpaired) electrons. The van der Waals surface area contributed by atoms with E-state index in [1.54, 1.807) is 12.1 Å². The van der Waals surface area contributed by atoms with Crippen molar-refractivity contribution in [2.24, 2.45) is 11.3 Å². The van der Waals surface area contributed by atoms with Crippen molar-refractivity contribution in [3.8, 4) is 11.4 Å². The summed E-state index contributed by atoms with van der Waals surface area (Å²) in [7, 11) is 0. The Morgan fingerprint density at radius 1 is 1.15 bits per heavy atom. The van der Waals surface area contributed by atoms with Crippen LogP contribution in [0.1, 0.15) is 51.0 Å². The van der Waals surface area contributed by atoms with Gasteiger partial charge in [-0.1, -0.05) is 29.8 Å². The molecule has 3 aromatic rings. The highest BCUT2D eigenvalue weighted by Crippen LogP contribution is 2.45. The monoisotopic (exact) mass is 548 g/mol. The molecule has 39 heavy (non-hydrogen) atoms. The predicted octanol–water partition coefficient (Wildman–Crippen LogP) is 4.85. The molecule has 3 fully saturated rings. The van der Waals surface area contributed by atoms with Gasteiger partial charge >= 0.3 is 0 Å². The zero-order valence-corrected chi connectivity index (χ0v) is 23.5. The molecule has 206 valence electrons. The van der Waals surface area contributed by atoms with Gasteiger partial charge < -0.3 is 15.0 Å². The van der Waals surface area contributed by atoms with Crippen LogP contribution in [0.5, 0.6) is 0 Å². The molecule has 1 saturated carbocycles. The second-order valence-electron chi connectivity index (χ2n) is 12.2. The third-order valence-corrected chi connectivity index (χ3v) is 8.94. The molecular weight excluding hydrogens is 512 g/mol. The quantitative estimate of drug-likeness (QED) is 0.457. The molecule has 0 atom stereocenters. The summed E-state index contributed by atoms with van der Waals surface area (Å²) in [6.07, 6.45) is 4.71. The van der Waals surface area contributed by atoms with Crippen molar-refractivity contribution in [3.63, 3.8) is 0 Å². The molecule has 2 aliphatic heterocycles. The highest BCUT2D eigenvalue weighted by atomic mass is 35.5. The van der Waals surface area contributed by atoms with Crippen molar-refractivity contribution in [1.82, 2.24) is 19.8 Å². The first-order chi connectivity index (χ1) is 18.8. The lowest BCUT2D eigenvalue weighted by molar-refractivity contribution is -0.122. The van der Waals surface area contributed by atoms with Gasteiger partial charge in [-0.25, -0.2) is 4.98 Å². The zero-order chi connectivity index (χ0) is 27.1. The van der Waals surface area contributed by atoms with Crippen LogP contribution < -0.4 is 10.9 Å². The Labute approximate surface area is 234 Å². The third-order valence-electron chi connectivity index (χ3n) is 8.71. The molecule has 2 aromatic carbocycles. The van der Waals surface area contributed by atoms with Gasteiger partial charge in [0.2, 0.25) is 5.91 Å². The van der Waals surface area contributed by atoms with Crippen molar-refractivity contribution in [2.45, 2.75) is 58.0 Å². The van der Waals surface area contributed by atoms with E-state index in [1.165, 1.54) is 42.6 Å².